The Morgan fingerprint density at radius 3 is 2.44 bits per heavy atom. The smallest absolute Gasteiger partial charge is 0.409 e. The molecule has 0 aromatic heterocycles. The molecule has 0 radical (unpaired) electrons. The number of hydrazone groups is 1. The van der Waals surface area contributed by atoms with Gasteiger partial charge in [0.15, 0.2) is 0 Å². The van der Waals surface area contributed by atoms with E-state index in [1.165, 1.54) is 30.5 Å². The van der Waals surface area contributed by atoms with Crippen LogP contribution in [-0.4, -0.2) is 22.2 Å². The lowest BCUT2D eigenvalue weighted by atomic mass is 10.0. The summed E-state index contributed by atoms with van der Waals surface area (Å²) in [5.41, 5.74) is 0.0998. The van der Waals surface area contributed by atoms with Crippen molar-refractivity contribution in [3.8, 4) is 5.75 Å². The second kappa shape index (κ2) is 6.63. The van der Waals surface area contributed by atoms with Gasteiger partial charge in [0.05, 0.1) is 11.0 Å². The molecule has 128 valence electrons. The highest BCUT2D eigenvalue weighted by Gasteiger charge is 2.30. The molecule has 1 aliphatic heterocycles. The van der Waals surface area contributed by atoms with Gasteiger partial charge in [-0.2, -0.15) is 10.1 Å². The van der Waals surface area contributed by atoms with E-state index in [1.54, 1.807) is 0 Å². The number of rotatable bonds is 3. The molecule has 0 saturated carbocycles. The number of amides is 1. The van der Waals surface area contributed by atoms with Gasteiger partial charge in [-0.15, -0.1) is 0 Å². The average molecular weight is 347 g/mol. The van der Waals surface area contributed by atoms with Crippen LogP contribution in [0.2, 0.25) is 0 Å². The highest BCUT2D eigenvalue weighted by atomic mass is 19.1. The minimum Gasteiger partial charge on any atom is -0.409 e. The predicted octanol–water partition coefficient (Wildman–Crippen LogP) is 3.80. The highest BCUT2D eigenvalue weighted by Crippen LogP contribution is 2.30. The van der Waals surface area contributed by atoms with E-state index >= 15 is 0 Å². The molecule has 0 N–H and O–H groups in total. The van der Waals surface area contributed by atoms with Crippen LogP contribution in [0.3, 0.4) is 0 Å². The first-order valence-electron chi connectivity index (χ1n) is 7.18. The zero-order valence-corrected chi connectivity index (χ0v) is 12.6. The van der Waals surface area contributed by atoms with E-state index in [0.29, 0.717) is 0 Å². The van der Waals surface area contributed by atoms with Crippen molar-refractivity contribution in [2.24, 2.45) is 5.10 Å². The fourth-order valence-electron chi connectivity index (χ4n) is 2.42. The third-order valence-corrected chi connectivity index (χ3v) is 3.54. The van der Waals surface area contributed by atoms with Crippen LogP contribution in [0, 0.1) is 21.7 Å². The minimum absolute atomic E-state index is 0.0851. The van der Waals surface area contributed by atoms with Crippen LogP contribution in [0.4, 0.5) is 19.3 Å². The van der Waals surface area contributed by atoms with Crippen molar-refractivity contribution in [1.82, 2.24) is 5.01 Å². The average Bonchev–Trinajstić information content (AvgIpc) is 3.04. The number of nitro benzene ring substituents is 1. The fourth-order valence-corrected chi connectivity index (χ4v) is 2.42. The van der Waals surface area contributed by atoms with E-state index in [9.17, 15) is 23.7 Å². The maximum atomic E-state index is 13.4. The third-order valence-electron chi connectivity index (χ3n) is 3.54. The molecule has 1 amide bonds. The Morgan fingerprint density at radius 2 is 1.84 bits per heavy atom. The lowest BCUT2D eigenvalue weighted by Gasteiger charge is -2.21. The second-order valence-corrected chi connectivity index (χ2v) is 5.22. The number of nitro groups is 1. The standard InChI is InChI=1S/C16H11F2N3O4/c17-11-7-10(8-12(18)9-11)15-5-6-19-20(15)16(22)25-14-3-1-13(2-4-14)21(23)24/h1-4,6-9,15H,5H2/t15-/m0/s1. The van der Waals surface area contributed by atoms with Crippen LogP contribution in [0.15, 0.2) is 47.6 Å². The molecule has 0 unspecified atom stereocenters. The van der Waals surface area contributed by atoms with E-state index < -0.39 is 28.7 Å². The maximum Gasteiger partial charge on any atom is 0.436 e. The Balaban J connectivity index is 1.76. The maximum absolute atomic E-state index is 13.4. The molecular weight excluding hydrogens is 336 g/mol. The van der Waals surface area contributed by atoms with Gasteiger partial charge in [-0.05, 0) is 29.8 Å². The van der Waals surface area contributed by atoms with E-state index in [0.717, 1.165) is 23.2 Å². The minimum atomic E-state index is -0.864. The number of halogens is 2. The Hall–Kier alpha value is -3.36. The van der Waals surface area contributed by atoms with Crippen molar-refractivity contribution in [3.63, 3.8) is 0 Å². The largest absolute Gasteiger partial charge is 0.436 e. The van der Waals surface area contributed by atoms with Crippen molar-refractivity contribution in [2.75, 3.05) is 0 Å². The lowest BCUT2D eigenvalue weighted by Crippen LogP contribution is -2.30. The molecule has 1 atom stereocenters. The van der Waals surface area contributed by atoms with E-state index in [4.69, 9.17) is 4.74 Å². The molecule has 3 rings (SSSR count). The van der Waals surface area contributed by atoms with Gasteiger partial charge in [0, 0.05) is 30.8 Å². The number of carbonyl (C=O) groups is 1. The lowest BCUT2D eigenvalue weighted by molar-refractivity contribution is -0.384. The molecule has 7 nitrogen and oxygen atoms in total. The zero-order chi connectivity index (χ0) is 18.0. The monoisotopic (exact) mass is 347 g/mol. The topological polar surface area (TPSA) is 85.0 Å². The van der Waals surface area contributed by atoms with Crippen LogP contribution in [0.1, 0.15) is 18.0 Å². The van der Waals surface area contributed by atoms with E-state index in [1.807, 2.05) is 0 Å². The second-order valence-electron chi connectivity index (χ2n) is 5.22. The molecule has 0 aliphatic carbocycles. The molecule has 9 heteroatoms. The van der Waals surface area contributed by atoms with Gasteiger partial charge >= 0.3 is 6.09 Å². The quantitative estimate of drug-likeness (QED) is 0.624. The van der Waals surface area contributed by atoms with Crippen molar-refractivity contribution >= 4 is 18.0 Å². The Morgan fingerprint density at radius 1 is 1.20 bits per heavy atom. The molecule has 0 bridgehead atoms. The zero-order valence-electron chi connectivity index (χ0n) is 12.6. The van der Waals surface area contributed by atoms with Crippen LogP contribution >= 0.6 is 0 Å². The number of benzene rings is 2. The van der Waals surface area contributed by atoms with E-state index in [2.05, 4.69) is 5.10 Å². The number of ether oxygens (including phenoxy) is 1. The number of hydrogen-bond acceptors (Lipinski definition) is 5. The number of hydrogen-bond donors (Lipinski definition) is 0. The summed E-state index contributed by atoms with van der Waals surface area (Å²) < 4.78 is 31.9. The Labute approximate surface area is 140 Å². The molecule has 0 spiro atoms. The van der Waals surface area contributed by atoms with Gasteiger partial charge in [-0.3, -0.25) is 10.1 Å². The molecule has 0 fully saturated rings. The van der Waals surface area contributed by atoms with Crippen molar-refractivity contribution in [3.05, 3.63) is 69.8 Å². The number of non-ortho nitro benzene ring substituents is 1. The normalized spacial score (nSPS) is 16.1. The molecule has 2 aromatic rings. The SMILES string of the molecule is O=C(Oc1ccc([N+](=O)[O-])cc1)N1N=CC[C@H]1c1cc(F)cc(F)c1. The summed E-state index contributed by atoms with van der Waals surface area (Å²) in [6.07, 6.45) is 0.848. The molecular formula is C16H11F2N3O4. The van der Waals surface area contributed by atoms with Crippen molar-refractivity contribution < 1.29 is 23.2 Å². The molecule has 1 aliphatic rings. The summed E-state index contributed by atoms with van der Waals surface area (Å²) in [6.45, 7) is 0. The van der Waals surface area contributed by atoms with Crippen molar-refractivity contribution in [2.45, 2.75) is 12.5 Å². The predicted molar refractivity (Wildman–Crippen MR) is 83.2 cm³/mol. The molecule has 1 heterocycles. The first kappa shape index (κ1) is 16.5. The van der Waals surface area contributed by atoms with Gasteiger partial charge in [0.1, 0.15) is 17.4 Å². The third kappa shape index (κ3) is 3.60. The number of carbonyl (C=O) groups excluding carboxylic acids is 1. The fraction of sp³-hybridized carbons (Fsp3) is 0.125. The Kier molecular flexibility index (Phi) is 4.38. The van der Waals surface area contributed by atoms with Crippen LogP contribution in [0.25, 0.3) is 0 Å². The van der Waals surface area contributed by atoms with Gasteiger partial charge in [-0.1, -0.05) is 0 Å². The summed E-state index contributed by atoms with van der Waals surface area (Å²) in [5, 5.41) is 15.5. The van der Waals surface area contributed by atoms with Crippen LogP contribution in [-0.2, 0) is 0 Å². The summed E-state index contributed by atoms with van der Waals surface area (Å²) in [6, 6.07) is 7.20. The molecule has 2 aromatic carbocycles. The molecule has 25 heavy (non-hydrogen) atoms. The van der Waals surface area contributed by atoms with E-state index in [-0.39, 0.29) is 23.4 Å². The summed E-state index contributed by atoms with van der Waals surface area (Å²) in [5.74, 6) is -1.43. The first-order valence-corrected chi connectivity index (χ1v) is 7.18. The van der Waals surface area contributed by atoms with Gasteiger partial charge in [-0.25, -0.2) is 13.6 Å². The van der Waals surface area contributed by atoms with Crippen molar-refractivity contribution in [1.29, 1.82) is 0 Å². The summed E-state index contributed by atoms with van der Waals surface area (Å²) in [7, 11) is 0. The highest BCUT2D eigenvalue weighted by molar-refractivity contribution is 5.75. The summed E-state index contributed by atoms with van der Waals surface area (Å²) in [4.78, 5) is 22.3. The Bertz CT molecular complexity index is 835. The molecule has 0 saturated heterocycles. The number of nitrogens with zero attached hydrogens (tertiary/aromatic N) is 3. The first-order chi connectivity index (χ1) is 11.9. The summed E-state index contributed by atoms with van der Waals surface area (Å²) >= 11 is 0. The van der Waals surface area contributed by atoms with Crippen LogP contribution in [0.5, 0.6) is 5.75 Å². The van der Waals surface area contributed by atoms with Crippen LogP contribution < -0.4 is 4.74 Å². The van der Waals surface area contributed by atoms with Gasteiger partial charge in [0.25, 0.3) is 5.69 Å². The van der Waals surface area contributed by atoms with Gasteiger partial charge in [0.2, 0.25) is 0 Å². The van der Waals surface area contributed by atoms with Gasteiger partial charge < -0.3 is 4.74 Å².